The van der Waals surface area contributed by atoms with Gasteiger partial charge in [-0.2, -0.15) is 0 Å². The Bertz CT molecular complexity index is 173. The molecule has 4 heteroatoms. The molecule has 0 aliphatic carbocycles. The smallest absolute Gasteiger partial charge is 0.0791 e. The Hall–Kier alpha value is -0.160. The maximum atomic E-state index is 9.81. The van der Waals surface area contributed by atoms with Crippen LogP contribution in [-0.4, -0.2) is 62.0 Å². The van der Waals surface area contributed by atoms with Crippen molar-refractivity contribution in [1.82, 2.24) is 10.2 Å². The molecule has 2 N–H and O–H groups in total. The van der Waals surface area contributed by atoms with Crippen LogP contribution in [0.25, 0.3) is 0 Å². The van der Waals surface area contributed by atoms with Crippen molar-refractivity contribution in [2.75, 3.05) is 45.9 Å². The van der Waals surface area contributed by atoms with E-state index in [0.717, 1.165) is 52.2 Å². The van der Waals surface area contributed by atoms with Gasteiger partial charge in [-0.1, -0.05) is 6.92 Å². The topological polar surface area (TPSA) is 44.7 Å². The Morgan fingerprint density at radius 3 is 2.76 bits per heavy atom. The summed E-state index contributed by atoms with van der Waals surface area (Å²) in [5.41, 5.74) is 0. The van der Waals surface area contributed by atoms with Gasteiger partial charge in [0.25, 0.3) is 0 Å². The number of ether oxygens (including phenoxy) is 1. The maximum absolute atomic E-state index is 9.81. The summed E-state index contributed by atoms with van der Waals surface area (Å²) in [7, 11) is 0. The number of hydrogen-bond donors (Lipinski definition) is 2. The first-order valence-electron chi connectivity index (χ1n) is 7.01. The van der Waals surface area contributed by atoms with Crippen LogP contribution in [0.2, 0.25) is 0 Å². The molecule has 4 nitrogen and oxygen atoms in total. The van der Waals surface area contributed by atoms with Crippen molar-refractivity contribution in [1.29, 1.82) is 0 Å². The average Bonchev–Trinajstić information content (AvgIpc) is 2.80. The molecule has 0 saturated carbocycles. The molecule has 1 unspecified atom stereocenters. The summed E-state index contributed by atoms with van der Waals surface area (Å²) in [6.07, 6.45) is 4.45. The lowest BCUT2D eigenvalue weighted by Crippen LogP contribution is -2.37. The summed E-state index contributed by atoms with van der Waals surface area (Å²) in [4.78, 5) is 2.34. The van der Waals surface area contributed by atoms with Gasteiger partial charge in [0, 0.05) is 26.3 Å². The molecule has 1 aliphatic heterocycles. The second-order valence-corrected chi connectivity index (χ2v) is 4.83. The van der Waals surface area contributed by atoms with E-state index < -0.39 is 0 Å². The number of nitrogens with one attached hydrogen (secondary N) is 1. The molecule has 1 aliphatic rings. The van der Waals surface area contributed by atoms with Crippen molar-refractivity contribution in [3.8, 4) is 0 Å². The van der Waals surface area contributed by atoms with Gasteiger partial charge in [-0.25, -0.2) is 0 Å². The molecule has 0 aromatic rings. The third-order valence-electron chi connectivity index (χ3n) is 3.04. The fourth-order valence-electron chi connectivity index (χ4n) is 2.14. The zero-order valence-electron chi connectivity index (χ0n) is 11.2. The zero-order valence-corrected chi connectivity index (χ0v) is 11.2. The number of hydrogen-bond acceptors (Lipinski definition) is 4. The Kier molecular flexibility index (Phi) is 8.61. The molecule has 1 saturated heterocycles. The predicted molar refractivity (Wildman–Crippen MR) is 70.3 cm³/mol. The van der Waals surface area contributed by atoms with E-state index in [4.69, 9.17) is 4.74 Å². The van der Waals surface area contributed by atoms with E-state index in [1.54, 1.807) is 0 Å². The lowest BCUT2D eigenvalue weighted by molar-refractivity contribution is 0.117. The monoisotopic (exact) mass is 244 g/mol. The van der Waals surface area contributed by atoms with Gasteiger partial charge in [-0.15, -0.1) is 0 Å². The molecule has 1 rings (SSSR count). The minimum absolute atomic E-state index is 0.232. The van der Waals surface area contributed by atoms with Gasteiger partial charge in [0.2, 0.25) is 0 Å². The van der Waals surface area contributed by atoms with Crippen molar-refractivity contribution >= 4 is 0 Å². The van der Waals surface area contributed by atoms with Gasteiger partial charge in [0.15, 0.2) is 0 Å². The van der Waals surface area contributed by atoms with Gasteiger partial charge in [0.05, 0.1) is 6.10 Å². The van der Waals surface area contributed by atoms with Gasteiger partial charge in [-0.3, -0.25) is 0 Å². The molecule has 0 amide bonds. The number of likely N-dealkylation sites (tertiary alicyclic amines) is 1. The molecule has 1 atom stereocenters. The molecule has 0 radical (unpaired) electrons. The predicted octanol–water partition coefficient (Wildman–Crippen LogP) is 0.849. The van der Waals surface area contributed by atoms with Gasteiger partial charge >= 0.3 is 0 Å². The van der Waals surface area contributed by atoms with Crippen LogP contribution in [0.4, 0.5) is 0 Å². The third kappa shape index (κ3) is 7.71. The zero-order chi connectivity index (χ0) is 12.3. The van der Waals surface area contributed by atoms with E-state index in [1.807, 2.05) is 0 Å². The van der Waals surface area contributed by atoms with Crippen LogP contribution >= 0.6 is 0 Å². The second kappa shape index (κ2) is 9.83. The minimum Gasteiger partial charge on any atom is -0.390 e. The van der Waals surface area contributed by atoms with E-state index in [1.165, 1.54) is 12.8 Å². The van der Waals surface area contributed by atoms with E-state index in [0.29, 0.717) is 6.54 Å². The molecule has 0 aromatic heterocycles. The Balaban J connectivity index is 1.84. The summed E-state index contributed by atoms with van der Waals surface area (Å²) in [5, 5.41) is 13.1. The Labute approximate surface area is 105 Å². The quantitative estimate of drug-likeness (QED) is 0.559. The fourth-order valence-corrected chi connectivity index (χ4v) is 2.14. The maximum Gasteiger partial charge on any atom is 0.0791 e. The largest absolute Gasteiger partial charge is 0.390 e. The number of rotatable bonds is 10. The molecule has 1 fully saturated rings. The summed E-state index contributed by atoms with van der Waals surface area (Å²) in [6.45, 7) is 8.56. The van der Waals surface area contributed by atoms with Gasteiger partial charge < -0.3 is 20.1 Å². The molecule has 0 aromatic carbocycles. The first kappa shape index (κ1) is 14.9. The molecule has 0 spiro atoms. The molecular weight excluding hydrogens is 216 g/mol. The number of nitrogens with zero attached hydrogens (tertiary/aromatic N) is 1. The van der Waals surface area contributed by atoms with Crippen molar-refractivity contribution in [2.24, 2.45) is 0 Å². The van der Waals surface area contributed by atoms with Crippen molar-refractivity contribution in [3.05, 3.63) is 0 Å². The molecule has 17 heavy (non-hydrogen) atoms. The first-order chi connectivity index (χ1) is 8.33. The van der Waals surface area contributed by atoms with Gasteiger partial charge in [0.1, 0.15) is 0 Å². The van der Waals surface area contributed by atoms with Crippen LogP contribution in [0, 0.1) is 0 Å². The minimum atomic E-state index is -0.232. The van der Waals surface area contributed by atoms with Crippen LogP contribution in [0.1, 0.15) is 32.6 Å². The Morgan fingerprint density at radius 2 is 2.06 bits per heavy atom. The summed E-state index contributed by atoms with van der Waals surface area (Å²) < 4.78 is 5.39. The lowest BCUT2D eigenvalue weighted by Gasteiger charge is -2.19. The van der Waals surface area contributed by atoms with E-state index in [2.05, 4.69) is 17.1 Å². The average molecular weight is 244 g/mol. The highest BCUT2D eigenvalue weighted by atomic mass is 16.5. The lowest BCUT2D eigenvalue weighted by atomic mass is 10.3. The van der Waals surface area contributed by atoms with Gasteiger partial charge in [-0.05, 0) is 45.3 Å². The highest BCUT2D eigenvalue weighted by Gasteiger charge is 2.14. The standard InChI is InChI=1S/C13H28N2O2/c1-2-9-17-10-5-6-14-11-13(16)12-15-7-3-4-8-15/h13-14,16H,2-12H2,1H3. The summed E-state index contributed by atoms with van der Waals surface area (Å²) in [5.74, 6) is 0. The Morgan fingerprint density at radius 1 is 1.29 bits per heavy atom. The first-order valence-corrected chi connectivity index (χ1v) is 7.01. The molecular formula is C13H28N2O2. The van der Waals surface area contributed by atoms with Crippen LogP contribution in [0.3, 0.4) is 0 Å². The number of aliphatic hydroxyl groups is 1. The van der Waals surface area contributed by atoms with Crippen LogP contribution in [-0.2, 0) is 4.74 Å². The SMILES string of the molecule is CCCOCCCNCC(O)CN1CCCC1. The fraction of sp³-hybridized carbons (Fsp3) is 1.00. The van der Waals surface area contributed by atoms with Crippen LogP contribution < -0.4 is 5.32 Å². The van der Waals surface area contributed by atoms with E-state index in [-0.39, 0.29) is 6.10 Å². The van der Waals surface area contributed by atoms with E-state index in [9.17, 15) is 5.11 Å². The second-order valence-electron chi connectivity index (χ2n) is 4.83. The number of β-amino-alcohol motifs (C(OH)–C–C–N with tert-alkyl or cyclic N) is 1. The van der Waals surface area contributed by atoms with Crippen molar-refractivity contribution in [2.45, 2.75) is 38.7 Å². The van der Waals surface area contributed by atoms with Crippen LogP contribution in [0.5, 0.6) is 0 Å². The summed E-state index contributed by atoms with van der Waals surface area (Å²) >= 11 is 0. The van der Waals surface area contributed by atoms with Crippen molar-refractivity contribution < 1.29 is 9.84 Å². The highest BCUT2D eigenvalue weighted by molar-refractivity contribution is 4.71. The van der Waals surface area contributed by atoms with Crippen LogP contribution in [0.15, 0.2) is 0 Å². The third-order valence-corrected chi connectivity index (χ3v) is 3.04. The normalized spacial score (nSPS) is 18.7. The number of aliphatic hydroxyl groups excluding tert-OH is 1. The summed E-state index contributed by atoms with van der Waals surface area (Å²) in [6, 6.07) is 0. The molecule has 1 heterocycles. The van der Waals surface area contributed by atoms with E-state index >= 15 is 0 Å². The molecule has 102 valence electrons. The van der Waals surface area contributed by atoms with Crippen molar-refractivity contribution in [3.63, 3.8) is 0 Å². The highest BCUT2D eigenvalue weighted by Crippen LogP contribution is 2.07. The molecule has 0 bridgehead atoms.